The summed E-state index contributed by atoms with van der Waals surface area (Å²) in [4.78, 5) is 13.2. The molecule has 3 heterocycles. The van der Waals surface area contributed by atoms with E-state index in [4.69, 9.17) is 0 Å². The third kappa shape index (κ3) is 3.46. The molecule has 4 rings (SSSR count). The first-order valence-corrected chi connectivity index (χ1v) is 8.64. The molecular formula is C22H17N5. The number of pyridine rings is 3. The number of hydrogen-bond donors (Lipinski definition) is 1. The van der Waals surface area contributed by atoms with Crippen LogP contribution in [0.2, 0.25) is 0 Å². The Morgan fingerprint density at radius 3 is 2.70 bits per heavy atom. The molecule has 0 unspecified atom stereocenters. The maximum atomic E-state index is 9.37. The van der Waals surface area contributed by atoms with E-state index in [1.807, 2.05) is 49.5 Å². The predicted octanol–water partition coefficient (Wildman–Crippen LogP) is 4.48. The first-order chi connectivity index (χ1) is 13.2. The lowest BCUT2D eigenvalue weighted by molar-refractivity contribution is 1.09. The van der Waals surface area contributed by atoms with Crippen LogP contribution in [0.3, 0.4) is 0 Å². The summed E-state index contributed by atoms with van der Waals surface area (Å²) in [5.41, 5.74) is 6.06. The third-order valence-corrected chi connectivity index (χ3v) is 4.41. The van der Waals surface area contributed by atoms with Crippen LogP contribution in [0.4, 0.5) is 5.69 Å². The van der Waals surface area contributed by atoms with Crippen LogP contribution in [0.15, 0.2) is 67.1 Å². The molecule has 0 atom stereocenters. The standard InChI is InChI=1S/C22H17N5/c1-15-6-7-16(12-25-15)13-26-20-8-9-24-22-14-27-21(10-19(20)22)18-5-3-2-4-17(18)11-23/h2-10,12,14H,13H2,1H3,(H,24,26). The summed E-state index contributed by atoms with van der Waals surface area (Å²) in [5.74, 6) is 0. The average Bonchev–Trinajstić information content (AvgIpc) is 2.73. The van der Waals surface area contributed by atoms with Gasteiger partial charge in [0.05, 0.1) is 29.0 Å². The van der Waals surface area contributed by atoms with Gasteiger partial charge >= 0.3 is 0 Å². The first-order valence-electron chi connectivity index (χ1n) is 8.64. The van der Waals surface area contributed by atoms with E-state index in [2.05, 4.69) is 32.4 Å². The Balaban J connectivity index is 1.71. The van der Waals surface area contributed by atoms with E-state index in [0.29, 0.717) is 12.1 Å². The van der Waals surface area contributed by atoms with E-state index in [-0.39, 0.29) is 0 Å². The first kappa shape index (κ1) is 16.7. The molecular weight excluding hydrogens is 334 g/mol. The van der Waals surface area contributed by atoms with Gasteiger partial charge in [-0.05, 0) is 36.8 Å². The van der Waals surface area contributed by atoms with Gasteiger partial charge in [-0.25, -0.2) is 0 Å². The van der Waals surface area contributed by atoms with E-state index in [0.717, 1.165) is 39.1 Å². The van der Waals surface area contributed by atoms with Crippen molar-refractivity contribution in [3.05, 3.63) is 83.9 Å². The molecule has 27 heavy (non-hydrogen) atoms. The topological polar surface area (TPSA) is 74.5 Å². The highest BCUT2D eigenvalue weighted by Crippen LogP contribution is 2.28. The molecule has 0 fully saturated rings. The number of nitrogens with zero attached hydrogens (tertiary/aromatic N) is 4. The molecule has 0 saturated heterocycles. The van der Waals surface area contributed by atoms with Gasteiger partial charge in [0.1, 0.15) is 0 Å². The van der Waals surface area contributed by atoms with Gasteiger partial charge in [0.25, 0.3) is 0 Å². The number of benzene rings is 1. The second kappa shape index (κ2) is 7.22. The average molecular weight is 351 g/mol. The van der Waals surface area contributed by atoms with Crippen LogP contribution >= 0.6 is 0 Å². The molecule has 0 aliphatic carbocycles. The summed E-state index contributed by atoms with van der Waals surface area (Å²) in [6, 6.07) is 17.7. The quantitative estimate of drug-likeness (QED) is 0.586. The molecule has 5 heteroatoms. The zero-order chi connectivity index (χ0) is 18.6. The smallest absolute Gasteiger partial charge is 0.0998 e. The van der Waals surface area contributed by atoms with Crippen molar-refractivity contribution in [3.8, 4) is 17.3 Å². The van der Waals surface area contributed by atoms with Gasteiger partial charge in [-0.2, -0.15) is 5.26 Å². The van der Waals surface area contributed by atoms with Crippen LogP contribution < -0.4 is 5.32 Å². The van der Waals surface area contributed by atoms with Crippen LogP contribution in [0.25, 0.3) is 22.2 Å². The largest absolute Gasteiger partial charge is 0.380 e. The number of aromatic nitrogens is 3. The van der Waals surface area contributed by atoms with E-state index in [9.17, 15) is 5.26 Å². The number of hydrogen-bond acceptors (Lipinski definition) is 5. The van der Waals surface area contributed by atoms with Crippen LogP contribution in [-0.2, 0) is 6.54 Å². The van der Waals surface area contributed by atoms with Crippen molar-refractivity contribution >= 4 is 16.6 Å². The van der Waals surface area contributed by atoms with Crippen molar-refractivity contribution in [2.45, 2.75) is 13.5 Å². The van der Waals surface area contributed by atoms with E-state index in [1.54, 1.807) is 18.5 Å². The summed E-state index contributed by atoms with van der Waals surface area (Å²) < 4.78 is 0. The van der Waals surface area contributed by atoms with Crippen molar-refractivity contribution in [2.75, 3.05) is 5.32 Å². The Bertz CT molecular complexity index is 1140. The van der Waals surface area contributed by atoms with E-state index < -0.39 is 0 Å². The zero-order valence-corrected chi connectivity index (χ0v) is 14.8. The maximum absolute atomic E-state index is 9.37. The molecule has 0 radical (unpaired) electrons. The summed E-state index contributed by atoms with van der Waals surface area (Å²) in [6.45, 7) is 2.64. The van der Waals surface area contributed by atoms with Gasteiger partial charge in [-0.3, -0.25) is 15.0 Å². The van der Waals surface area contributed by atoms with Crippen molar-refractivity contribution in [1.29, 1.82) is 5.26 Å². The van der Waals surface area contributed by atoms with Gasteiger partial charge in [-0.1, -0.05) is 24.3 Å². The second-order valence-electron chi connectivity index (χ2n) is 6.26. The van der Waals surface area contributed by atoms with Gasteiger partial charge in [-0.15, -0.1) is 0 Å². The maximum Gasteiger partial charge on any atom is 0.0998 e. The summed E-state index contributed by atoms with van der Waals surface area (Å²) in [7, 11) is 0. The van der Waals surface area contributed by atoms with Gasteiger partial charge < -0.3 is 5.32 Å². The van der Waals surface area contributed by atoms with Crippen molar-refractivity contribution < 1.29 is 0 Å². The second-order valence-corrected chi connectivity index (χ2v) is 6.26. The highest BCUT2D eigenvalue weighted by Gasteiger charge is 2.09. The normalized spacial score (nSPS) is 10.5. The molecule has 0 amide bonds. The van der Waals surface area contributed by atoms with Gasteiger partial charge in [0, 0.05) is 41.3 Å². The van der Waals surface area contributed by atoms with E-state index >= 15 is 0 Å². The lowest BCUT2D eigenvalue weighted by Gasteiger charge is -2.11. The summed E-state index contributed by atoms with van der Waals surface area (Å²) in [5, 5.41) is 13.8. The van der Waals surface area contributed by atoms with Gasteiger partial charge in [0.15, 0.2) is 0 Å². The highest BCUT2D eigenvalue weighted by atomic mass is 14.9. The minimum atomic E-state index is 0.605. The molecule has 1 aromatic carbocycles. The molecule has 0 bridgehead atoms. The minimum Gasteiger partial charge on any atom is -0.380 e. The molecule has 0 aliphatic rings. The summed E-state index contributed by atoms with van der Waals surface area (Å²) >= 11 is 0. The zero-order valence-electron chi connectivity index (χ0n) is 14.8. The lowest BCUT2D eigenvalue weighted by Crippen LogP contribution is -2.01. The molecule has 5 nitrogen and oxygen atoms in total. The Morgan fingerprint density at radius 2 is 1.89 bits per heavy atom. The number of aryl methyl sites for hydroxylation is 1. The van der Waals surface area contributed by atoms with Crippen molar-refractivity contribution in [1.82, 2.24) is 15.0 Å². The molecule has 4 aromatic rings. The predicted molar refractivity (Wildman–Crippen MR) is 106 cm³/mol. The number of nitrogens with one attached hydrogen (secondary N) is 1. The lowest BCUT2D eigenvalue weighted by atomic mass is 10.0. The van der Waals surface area contributed by atoms with Crippen molar-refractivity contribution in [2.24, 2.45) is 0 Å². The van der Waals surface area contributed by atoms with Crippen LogP contribution in [0, 0.1) is 18.3 Å². The molecule has 0 aliphatic heterocycles. The van der Waals surface area contributed by atoms with E-state index in [1.165, 1.54) is 0 Å². The number of nitriles is 1. The molecule has 130 valence electrons. The van der Waals surface area contributed by atoms with Gasteiger partial charge in [0.2, 0.25) is 0 Å². The number of fused-ring (bicyclic) bond motifs is 1. The number of rotatable bonds is 4. The monoisotopic (exact) mass is 351 g/mol. The fraction of sp³-hybridized carbons (Fsp3) is 0.0909. The highest BCUT2D eigenvalue weighted by molar-refractivity contribution is 5.93. The fourth-order valence-electron chi connectivity index (χ4n) is 2.95. The van der Waals surface area contributed by atoms with Crippen LogP contribution in [-0.4, -0.2) is 15.0 Å². The third-order valence-electron chi connectivity index (χ3n) is 4.41. The molecule has 1 N–H and O–H groups in total. The number of anilines is 1. The molecule has 3 aromatic heterocycles. The SMILES string of the molecule is Cc1ccc(CNc2ccnc3cnc(-c4ccccc4C#N)cc23)cn1. The minimum absolute atomic E-state index is 0.605. The van der Waals surface area contributed by atoms with Crippen molar-refractivity contribution in [3.63, 3.8) is 0 Å². The Hall–Kier alpha value is -3.78. The Labute approximate surface area is 157 Å². The fourth-order valence-corrected chi connectivity index (χ4v) is 2.95. The Morgan fingerprint density at radius 1 is 1.00 bits per heavy atom. The summed E-state index contributed by atoms with van der Waals surface area (Å²) in [6.07, 6.45) is 5.39. The van der Waals surface area contributed by atoms with Crippen LogP contribution in [0.5, 0.6) is 0 Å². The molecule has 0 spiro atoms. The van der Waals surface area contributed by atoms with Crippen LogP contribution in [0.1, 0.15) is 16.8 Å². The molecule has 0 saturated carbocycles. The Kier molecular flexibility index (Phi) is 4.46.